The highest BCUT2D eigenvalue weighted by Gasteiger charge is 2.24. The Kier molecular flexibility index (Phi) is 6.74. The zero-order chi connectivity index (χ0) is 26.2. The van der Waals surface area contributed by atoms with Gasteiger partial charge in [0.15, 0.2) is 11.9 Å². The number of aryl methyl sites for hydroxylation is 1. The predicted molar refractivity (Wildman–Crippen MR) is 142 cm³/mol. The van der Waals surface area contributed by atoms with Crippen LogP contribution in [0.1, 0.15) is 46.6 Å². The summed E-state index contributed by atoms with van der Waals surface area (Å²) < 4.78 is 5.44. The number of amides is 1. The number of rotatable bonds is 6. The maximum Gasteiger partial charge on any atom is 0.263 e. The van der Waals surface area contributed by atoms with Crippen LogP contribution in [-0.2, 0) is 21.5 Å². The molecule has 2 N–H and O–H groups in total. The van der Waals surface area contributed by atoms with Gasteiger partial charge in [-0.05, 0) is 24.1 Å². The second kappa shape index (κ2) is 9.98. The number of carbonyl (C=O) groups excluding carboxylic acids is 2. The van der Waals surface area contributed by atoms with E-state index in [0.717, 1.165) is 39.2 Å². The van der Waals surface area contributed by atoms with Crippen molar-refractivity contribution in [2.24, 2.45) is 0 Å². The number of benzene rings is 1. The largest absolute Gasteiger partial charge is 0.367 e. The Morgan fingerprint density at radius 1 is 1.30 bits per heavy atom. The predicted octanol–water partition coefficient (Wildman–Crippen LogP) is 3.42. The molecule has 1 aliphatic rings. The lowest BCUT2D eigenvalue weighted by Gasteiger charge is -2.29. The Balaban J connectivity index is 1.33. The highest BCUT2D eigenvalue weighted by Crippen LogP contribution is 2.29. The number of H-pyrrole nitrogens is 1. The van der Waals surface area contributed by atoms with Gasteiger partial charge in [-0.25, -0.2) is 15.0 Å². The third kappa shape index (κ3) is 5.23. The average molecular weight is 520 g/mol. The van der Waals surface area contributed by atoms with Crippen molar-refractivity contribution in [3.8, 4) is 11.3 Å². The van der Waals surface area contributed by atoms with Crippen molar-refractivity contribution in [3.05, 3.63) is 51.7 Å². The second-order valence-electron chi connectivity index (χ2n) is 10.1. The number of nitrogens with one attached hydrogen (secondary N) is 2. The van der Waals surface area contributed by atoms with Crippen molar-refractivity contribution in [3.63, 3.8) is 0 Å². The highest BCUT2D eigenvalue weighted by atomic mass is 32.1. The van der Waals surface area contributed by atoms with E-state index in [1.165, 1.54) is 17.7 Å². The first kappa shape index (κ1) is 25.0. The van der Waals surface area contributed by atoms with E-state index >= 15 is 0 Å². The van der Waals surface area contributed by atoms with E-state index in [2.05, 4.69) is 51.0 Å². The number of imidazole rings is 1. The van der Waals surface area contributed by atoms with E-state index in [9.17, 15) is 9.59 Å². The van der Waals surface area contributed by atoms with Crippen molar-refractivity contribution < 1.29 is 14.3 Å². The number of hydrogen-bond acceptors (Lipinski definition) is 9. The highest BCUT2D eigenvalue weighted by molar-refractivity contribution is 7.13. The fourth-order valence-corrected chi connectivity index (χ4v) is 5.06. The summed E-state index contributed by atoms with van der Waals surface area (Å²) in [6.45, 7) is 10.2. The summed E-state index contributed by atoms with van der Waals surface area (Å²) in [4.78, 5) is 47.6. The van der Waals surface area contributed by atoms with Crippen molar-refractivity contribution in [1.29, 1.82) is 0 Å². The van der Waals surface area contributed by atoms with E-state index in [0.29, 0.717) is 42.7 Å². The molecule has 10 nitrogen and oxygen atoms in total. The molecule has 1 fully saturated rings. The van der Waals surface area contributed by atoms with Crippen molar-refractivity contribution >= 4 is 40.6 Å². The number of morpholine rings is 1. The van der Waals surface area contributed by atoms with E-state index in [1.807, 2.05) is 30.0 Å². The lowest BCUT2D eigenvalue weighted by molar-refractivity contribution is -0.118. The number of anilines is 1. The fourth-order valence-electron chi connectivity index (χ4n) is 4.17. The number of carbonyl (C=O) groups is 2. The summed E-state index contributed by atoms with van der Waals surface area (Å²) in [5.74, 6) is 0.513. The van der Waals surface area contributed by atoms with Gasteiger partial charge < -0.3 is 24.7 Å². The quantitative estimate of drug-likeness (QED) is 0.371. The van der Waals surface area contributed by atoms with Gasteiger partial charge in [0, 0.05) is 24.1 Å². The molecule has 1 aliphatic heterocycles. The van der Waals surface area contributed by atoms with E-state index in [1.54, 1.807) is 6.20 Å². The van der Waals surface area contributed by atoms with Crippen molar-refractivity contribution in [2.45, 2.75) is 45.8 Å². The van der Waals surface area contributed by atoms with Gasteiger partial charge in [-0.1, -0.05) is 32.9 Å². The molecule has 1 atom stereocenters. The van der Waals surface area contributed by atoms with Crippen LogP contribution in [0.5, 0.6) is 0 Å². The Labute approximate surface area is 218 Å². The number of ether oxygens (including phenoxy) is 1. The molecule has 0 spiro atoms. The van der Waals surface area contributed by atoms with Gasteiger partial charge in [0.05, 0.1) is 30.1 Å². The van der Waals surface area contributed by atoms with Crippen LogP contribution in [0, 0.1) is 6.92 Å². The van der Waals surface area contributed by atoms with Gasteiger partial charge >= 0.3 is 0 Å². The van der Waals surface area contributed by atoms with E-state index < -0.39 is 6.10 Å². The van der Waals surface area contributed by atoms with Gasteiger partial charge in [-0.15, -0.1) is 11.3 Å². The first-order chi connectivity index (χ1) is 17.7. The van der Waals surface area contributed by atoms with Crippen LogP contribution in [0.15, 0.2) is 30.7 Å². The lowest BCUT2D eigenvalue weighted by Crippen LogP contribution is -2.43. The summed E-state index contributed by atoms with van der Waals surface area (Å²) >= 11 is 1.43. The first-order valence-corrected chi connectivity index (χ1v) is 12.9. The molecule has 11 heteroatoms. The molecule has 0 saturated carbocycles. The lowest BCUT2D eigenvalue weighted by atomic mass is 9.98. The number of aromatic nitrogens is 5. The standard InChI is InChI=1S/C26H29N7O3S/c1-15-9-16(5-6-17(15)10-27-23(35)19-11-28-24(37-19)26(2,3)4)20-21-22(30-14-29-20)32-25(31-21)33-7-8-36-18(12-33)13-34/h5-6,9,11,13-14,18H,7-8,10,12H2,1-4H3,(H,27,35)(H,29,30,31,32). The normalized spacial score (nSPS) is 16.2. The number of aromatic amines is 1. The van der Waals surface area contributed by atoms with Crippen LogP contribution >= 0.6 is 11.3 Å². The first-order valence-electron chi connectivity index (χ1n) is 12.1. The zero-order valence-electron chi connectivity index (χ0n) is 21.2. The molecule has 5 rings (SSSR count). The molecule has 192 valence electrons. The van der Waals surface area contributed by atoms with E-state index in [-0.39, 0.29) is 11.3 Å². The summed E-state index contributed by atoms with van der Waals surface area (Å²) in [5.41, 5.74) is 4.90. The summed E-state index contributed by atoms with van der Waals surface area (Å²) in [6.07, 6.45) is 3.48. The monoisotopic (exact) mass is 519 g/mol. The molecule has 0 bridgehead atoms. The molecule has 4 aromatic rings. The molecule has 1 aromatic carbocycles. The Morgan fingerprint density at radius 3 is 2.86 bits per heavy atom. The van der Waals surface area contributed by atoms with Crippen LogP contribution in [-0.4, -0.2) is 62.9 Å². The van der Waals surface area contributed by atoms with Crippen molar-refractivity contribution in [1.82, 2.24) is 30.2 Å². The van der Waals surface area contributed by atoms with Gasteiger partial charge in [0.25, 0.3) is 5.91 Å². The van der Waals surface area contributed by atoms with Gasteiger partial charge in [0.1, 0.15) is 22.8 Å². The fraction of sp³-hybridized carbons (Fsp3) is 0.385. The number of hydrogen-bond donors (Lipinski definition) is 2. The van der Waals surface area contributed by atoms with Gasteiger partial charge in [0.2, 0.25) is 5.95 Å². The molecule has 0 radical (unpaired) electrons. The van der Waals surface area contributed by atoms with Crippen LogP contribution in [0.25, 0.3) is 22.4 Å². The summed E-state index contributed by atoms with van der Waals surface area (Å²) in [6, 6.07) is 6.03. The molecule has 0 aliphatic carbocycles. The minimum atomic E-state index is -0.472. The second-order valence-corrected chi connectivity index (χ2v) is 11.1. The third-order valence-electron chi connectivity index (χ3n) is 6.25. The Bertz CT molecular complexity index is 1460. The average Bonchev–Trinajstić information content (AvgIpc) is 3.56. The van der Waals surface area contributed by atoms with Crippen LogP contribution in [0.4, 0.5) is 5.95 Å². The summed E-state index contributed by atoms with van der Waals surface area (Å²) in [5, 5.41) is 3.95. The van der Waals surface area contributed by atoms with Crippen molar-refractivity contribution in [2.75, 3.05) is 24.6 Å². The minimum Gasteiger partial charge on any atom is -0.367 e. The van der Waals surface area contributed by atoms with Crippen LogP contribution < -0.4 is 10.2 Å². The maximum absolute atomic E-state index is 12.7. The molecule has 37 heavy (non-hydrogen) atoms. The van der Waals surface area contributed by atoms with Gasteiger partial charge in [-0.2, -0.15) is 4.98 Å². The van der Waals surface area contributed by atoms with Crippen LogP contribution in [0.2, 0.25) is 0 Å². The number of fused-ring (bicyclic) bond motifs is 1. The Morgan fingerprint density at radius 2 is 2.14 bits per heavy atom. The Hall–Kier alpha value is -3.70. The molecule has 3 aromatic heterocycles. The topological polar surface area (TPSA) is 126 Å². The number of nitrogens with zero attached hydrogens (tertiary/aromatic N) is 5. The molecule has 1 unspecified atom stereocenters. The maximum atomic E-state index is 12.7. The molecule has 4 heterocycles. The molecular formula is C26H29N7O3S. The number of aldehydes is 1. The van der Waals surface area contributed by atoms with Gasteiger partial charge in [-0.3, -0.25) is 4.79 Å². The molecular weight excluding hydrogens is 490 g/mol. The smallest absolute Gasteiger partial charge is 0.263 e. The minimum absolute atomic E-state index is 0.0857. The van der Waals surface area contributed by atoms with Crippen LogP contribution in [0.3, 0.4) is 0 Å². The SMILES string of the molecule is Cc1cc(-c2ncnc3nc(N4CCOC(C=O)C4)[nH]c23)ccc1CNC(=O)c1cnc(C(C)(C)C)s1. The number of thiazole rings is 1. The third-order valence-corrected chi connectivity index (χ3v) is 7.67. The summed E-state index contributed by atoms with van der Waals surface area (Å²) in [7, 11) is 0. The van der Waals surface area contributed by atoms with E-state index in [4.69, 9.17) is 4.74 Å². The molecule has 1 amide bonds. The molecule has 1 saturated heterocycles. The zero-order valence-corrected chi connectivity index (χ0v) is 22.1.